The highest BCUT2D eigenvalue weighted by atomic mass is 16.7. The third-order valence-corrected chi connectivity index (χ3v) is 9.91. The molecule has 2 aliphatic heterocycles. The average molecular weight is 361 g/mol. The van der Waals surface area contributed by atoms with E-state index in [9.17, 15) is 0 Å². The van der Waals surface area contributed by atoms with Crippen LogP contribution in [0.25, 0.3) is 0 Å². The Kier molecular flexibility index (Phi) is 3.84. The van der Waals surface area contributed by atoms with Crippen LogP contribution in [0.3, 0.4) is 0 Å². The van der Waals surface area contributed by atoms with Gasteiger partial charge in [-0.2, -0.15) is 0 Å². The van der Waals surface area contributed by atoms with Crippen molar-refractivity contribution < 1.29 is 14.2 Å². The second kappa shape index (κ2) is 5.94. The van der Waals surface area contributed by atoms with Gasteiger partial charge < -0.3 is 14.2 Å². The lowest BCUT2D eigenvalue weighted by Crippen LogP contribution is -2.51. The monoisotopic (exact) mass is 360 g/mol. The van der Waals surface area contributed by atoms with Gasteiger partial charge in [0.05, 0.1) is 25.9 Å². The molecular formula is C23H36O3. The largest absolute Gasteiger partial charge is 0.373 e. The molecule has 6 aliphatic rings. The number of rotatable bonds is 2. The zero-order valence-electron chi connectivity index (χ0n) is 16.5. The van der Waals surface area contributed by atoms with Gasteiger partial charge >= 0.3 is 0 Å². The highest BCUT2D eigenvalue weighted by Gasteiger charge is 2.58. The van der Waals surface area contributed by atoms with E-state index in [1.807, 2.05) is 0 Å². The Hall–Kier alpha value is -0.120. The molecule has 0 aromatic heterocycles. The van der Waals surface area contributed by atoms with E-state index in [4.69, 9.17) is 14.2 Å². The van der Waals surface area contributed by atoms with Crippen LogP contribution in [0.1, 0.15) is 71.1 Å². The summed E-state index contributed by atoms with van der Waals surface area (Å²) >= 11 is 0. The van der Waals surface area contributed by atoms with Gasteiger partial charge in [0.2, 0.25) is 0 Å². The minimum absolute atomic E-state index is 0.181. The van der Waals surface area contributed by atoms with Crippen LogP contribution in [0.4, 0.5) is 0 Å². The van der Waals surface area contributed by atoms with Crippen molar-refractivity contribution in [1.82, 2.24) is 0 Å². The minimum Gasteiger partial charge on any atom is -0.373 e. The molecule has 0 aromatic carbocycles. The highest BCUT2D eigenvalue weighted by molar-refractivity contribution is 5.07. The minimum atomic E-state index is -0.181. The highest BCUT2D eigenvalue weighted by Crippen LogP contribution is 2.65. The summed E-state index contributed by atoms with van der Waals surface area (Å²) in [5.41, 5.74) is 0.619. The number of epoxide rings is 1. The SMILES string of the molecule is C[C@]12CCC3[C@@H](CC[C@@H]4CC5(CC[C@H]34)OCCO5)C1CCC2CC1CO1. The van der Waals surface area contributed by atoms with E-state index in [0.29, 0.717) is 11.5 Å². The molecule has 6 rings (SSSR count). The first-order valence-corrected chi connectivity index (χ1v) is 11.6. The smallest absolute Gasteiger partial charge is 0.168 e. The Bertz CT molecular complexity index is 552. The van der Waals surface area contributed by atoms with Crippen molar-refractivity contribution in [2.45, 2.75) is 83.0 Å². The molecule has 0 aromatic rings. The Balaban J connectivity index is 1.19. The fourth-order valence-electron chi connectivity index (χ4n) is 8.60. The summed E-state index contributed by atoms with van der Waals surface area (Å²) in [4.78, 5) is 0. The molecule has 26 heavy (non-hydrogen) atoms. The van der Waals surface area contributed by atoms with Crippen molar-refractivity contribution in [3.63, 3.8) is 0 Å². The summed E-state index contributed by atoms with van der Waals surface area (Å²) in [5, 5.41) is 0. The van der Waals surface area contributed by atoms with Gasteiger partial charge in [0.25, 0.3) is 0 Å². The predicted molar refractivity (Wildman–Crippen MR) is 99.6 cm³/mol. The van der Waals surface area contributed by atoms with Gasteiger partial charge in [0, 0.05) is 12.8 Å². The zero-order chi connectivity index (χ0) is 17.4. The molecule has 2 saturated heterocycles. The number of hydrogen-bond acceptors (Lipinski definition) is 3. The van der Waals surface area contributed by atoms with Crippen molar-refractivity contribution in [2.24, 2.45) is 40.9 Å². The fourth-order valence-corrected chi connectivity index (χ4v) is 8.60. The fraction of sp³-hybridized carbons (Fsp3) is 1.00. The first-order chi connectivity index (χ1) is 12.7. The molecule has 8 atom stereocenters. The van der Waals surface area contributed by atoms with E-state index in [2.05, 4.69) is 6.92 Å². The van der Waals surface area contributed by atoms with Crippen LogP contribution >= 0.6 is 0 Å². The molecule has 146 valence electrons. The first kappa shape index (κ1) is 16.8. The molecule has 6 fully saturated rings. The zero-order valence-corrected chi connectivity index (χ0v) is 16.5. The number of fused-ring (bicyclic) bond motifs is 5. The molecule has 3 heteroatoms. The van der Waals surface area contributed by atoms with Crippen molar-refractivity contribution in [2.75, 3.05) is 19.8 Å². The number of ether oxygens (including phenoxy) is 3. The van der Waals surface area contributed by atoms with Crippen molar-refractivity contribution in [3.8, 4) is 0 Å². The maximum absolute atomic E-state index is 6.07. The van der Waals surface area contributed by atoms with Crippen molar-refractivity contribution in [3.05, 3.63) is 0 Å². The van der Waals surface area contributed by atoms with Gasteiger partial charge in [0.1, 0.15) is 0 Å². The third kappa shape index (κ3) is 2.49. The molecule has 0 amide bonds. The molecular weight excluding hydrogens is 324 g/mol. The van der Waals surface area contributed by atoms with Gasteiger partial charge in [0.15, 0.2) is 5.79 Å². The van der Waals surface area contributed by atoms with Crippen LogP contribution in [0, 0.1) is 40.9 Å². The van der Waals surface area contributed by atoms with Crippen molar-refractivity contribution in [1.29, 1.82) is 0 Å². The van der Waals surface area contributed by atoms with Crippen LogP contribution in [0.2, 0.25) is 0 Å². The summed E-state index contributed by atoms with van der Waals surface area (Å²) in [6.45, 7) is 5.33. The van der Waals surface area contributed by atoms with Crippen LogP contribution in [0.5, 0.6) is 0 Å². The summed E-state index contributed by atoms with van der Waals surface area (Å²) in [7, 11) is 0. The lowest BCUT2D eigenvalue weighted by atomic mass is 9.49. The van der Waals surface area contributed by atoms with E-state index in [1.54, 1.807) is 0 Å². The van der Waals surface area contributed by atoms with Crippen molar-refractivity contribution >= 4 is 0 Å². The Morgan fingerprint density at radius 1 is 0.846 bits per heavy atom. The lowest BCUT2D eigenvalue weighted by molar-refractivity contribution is -0.209. The van der Waals surface area contributed by atoms with Gasteiger partial charge in [-0.25, -0.2) is 0 Å². The topological polar surface area (TPSA) is 31.0 Å². The van der Waals surface area contributed by atoms with Gasteiger partial charge in [-0.3, -0.25) is 0 Å². The average Bonchev–Trinajstić information content (AvgIpc) is 3.26. The predicted octanol–water partition coefficient (Wildman–Crippen LogP) is 4.79. The van der Waals surface area contributed by atoms with Crippen LogP contribution in [0.15, 0.2) is 0 Å². The molecule has 4 unspecified atom stereocenters. The van der Waals surface area contributed by atoms with Gasteiger partial charge in [-0.15, -0.1) is 0 Å². The molecule has 3 nitrogen and oxygen atoms in total. The second-order valence-corrected chi connectivity index (χ2v) is 10.8. The Morgan fingerprint density at radius 3 is 2.46 bits per heavy atom. The maximum Gasteiger partial charge on any atom is 0.168 e. The molecule has 0 bridgehead atoms. The van der Waals surface area contributed by atoms with Gasteiger partial charge in [-0.1, -0.05) is 6.92 Å². The third-order valence-electron chi connectivity index (χ3n) is 9.91. The Morgan fingerprint density at radius 2 is 1.65 bits per heavy atom. The molecule has 4 aliphatic carbocycles. The number of hydrogen-bond donors (Lipinski definition) is 0. The summed E-state index contributed by atoms with van der Waals surface area (Å²) in [5.74, 6) is 5.60. The summed E-state index contributed by atoms with van der Waals surface area (Å²) < 4.78 is 17.7. The summed E-state index contributed by atoms with van der Waals surface area (Å²) in [6, 6.07) is 0. The van der Waals surface area contributed by atoms with E-state index in [1.165, 1.54) is 57.8 Å². The molecule has 0 N–H and O–H groups in total. The second-order valence-electron chi connectivity index (χ2n) is 10.8. The first-order valence-electron chi connectivity index (χ1n) is 11.6. The van der Waals surface area contributed by atoms with Gasteiger partial charge in [-0.05, 0) is 92.3 Å². The normalized spacial score (nSPS) is 54.6. The van der Waals surface area contributed by atoms with E-state index >= 15 is 0 Å². The lowest BCUT2D eigenvalue weighted by Gasteiger charge is -2.57. The maximum atomic E-state index is 6.07. The molecule has 1 spiro atoms. The van der Waals surface area contributed by atoms with Crippen LogP contribution < -0.4 is 0 Å². The van der Waals surface area contributed by atoms with E-state index in [-0.39, 0.29) is 5.79 Å². The van der Waals surface area contributed by atoms with E-state index < -0.39 is 0 Å². The Labute approximate surface area is 158 Å². The summed E-state index contributed by atoms with van der Waals surface area (Å²) in [6.07, 6.45) is 14.5. The standard InChI is InChI=1S/C23H36O3/c1-22-8-6-19-18-7-9-23(25-10-11-26-23)13-15(18)2-4-20(19)21(22)5-3-16(22)12-17-14-24-17/h15-21H,2-14H2,1H3/t15-,16?,17?,18+,19?,20-,21?,22-/m1/s1. The quantitative estimate of drug-likeness (QED) is 0.664. The molecule has 4 saturated carbocycles. The molecule has 0 radical (unpaired) electrons. The van der Waals surface area contributed by atoms with Crippen LogP contribution in [-0.2, 0) is 14.2 Å². The van der Waals surface area contributed by atoms with E-state index in [0.717, 1.165) is 61.7 Å². The molecule has 2 heterocycles. The van der Waals surface area contributed by atoms with Crippen LogP contribution in [-0.4, -0.2) is 31.7 Å².